The van der Waals surface area contributed by atoms with Gasteiger partial charge in [0.15, 0.2) is 0 Å². The lowest BCUT2D eigenvalue weighted by atomic mass is 9.77. The van der Waals surface area contributed by atoms with Gasteiger partial charge in [0.2, 0.25) is 0 Å². The van der Waals surface area contributed by atoms with Gasteiger partial charge in [0.05, 0.1) is 11.7 Å². The molecule has 0 aromatic heterocycles. The van der Waals surface area contributed by atoms with E-state index in [0.29, 0.717) is 5.92 Å². The predicted octanol–water partition coefficient (Wildman–Crippen LogP) is 3.52. The van der Waals surface area contributed by atoms with E-state index >= 15 is 0 Å². The molecule has 2 unspecified atom stereocenters. The van der Waals surface area contributed by atoms with Gasteiger partial charge in [0.25, 0.3) is 0 Å². The molecule has 0 spiro atoms. The summed E-state index contributed by atoms with van der Waals surface area (Å²) in [5, 5.41) is 10.4. The zero-order valence-corrected chi connectivity index (χ0v) is 11.2. The van der Waals surface area contributed by atoms with Gasteiger partial charge in [-0.05, 0) is 32.1 Å². The van der Waals surface area contributed by atoms with E-state index in [-0.39, 0.29) is 11.7 Å². The van der Waals surface area contributed by atoms with E-state index < -0.39 is 0 Å². The second-order valence-electron chi connectivity index (χ2n) is 5.32. The highest BCUT2D eigenvalue weighted by atomic mass is 16.5. The van der Waals surface area contributed by atoms with Crippen LogP contribution in [-0.4, -0.2) is 23.4 Å². The summed E-state index contributed by atoms with van der Waals surface area (Å²) in [5.74, 6) is 0.592. The van der Waals surface area contributed by atoms with E-state index in [1.807, 2.05) is 6.92 Å². The Labute approximate surface area is 100 Å². The van der Waals surface area contributed by atoms with Crippen molar-refractivity contribution in [1.29, 1.82) is 0 Å². The van der Waals surface area contributed by atoms with Gasteiger partial charge in [-0.1, -0.05) is 39.5 Å². The van der Waals surface area contributed by atoms with Gasteiger partial charge < -0.3 is 9.84 Å². The maximum atomic E-state index is 10.4. The molecule has 1 rings (SSSR count). The topological polar surface area (TPSA) is 29.5 Å². The Morgan fingerprint density at radius 2 is 1.81 bits per heavy atom. The Balaban J connectivity index is 2.59. The minimum Gasteiger partial charge on any atom is -0.390 e. The van der Waals surface area contributed by atoms with E-state index in [9.17, 15) is 5.11 Å². The first-order chi connectivity index (χ1) is 7.64. The highest BCUT2D eigenvalue weighted by Crippen LogP contribution is 2.36. The van der Waals surface area contributed by atoms with Crippen molar-refractivity contribution in [2.75, 3.05) is 6.61 Å². The van der Waals surface area contributed by atoms with Crippen molar-refractivity contribution in [2.24, 2.45) is 5.92 Å². The lowest BCUT2D eigenvalue weighted by Gasteiger charge is -2.41. The standard InChI is InChI=1S/C14H28O2/c1-4-12(3)11-13(15)14(16-5-2)9-7-6-8-10-14/h12-13,15H,4-11H2,1-3H3. The predicted molar refractivity (Wildman–Crippen MR) is 67.5 cm³/mol. The van der Waals surface area contributed by atoms with Crippen LogP contribution in [0.1, 0.15) is 65.7 Å². The van der Waals surface area contributed by atoms with E-state index in [0.717, 1.165) is 32.3 Å². The highest BCUT2D eigenvalue weighted by molar-refractivity contribution is 4.91. The fraction of sp³-hybridized carbons (Fsp3) is 1.00. The maximum Gasteiger partial charge on any atom is 0.0940 e. The molecular formula is C14H28O2. The van der Waals surface area contributed by atoms with E-state index in [2.05, 4.69) is 13.8 Å². The number of aliphatic hydroxyl groups excluding tert-OH is 1. The number of hydrogen-bond donors (Lipinski definition) is 1. The Hall–Kier alpha value is -0.0800. The van der Waals surface area contributed by atoms with Crippen molar-refractivity contribution >= 4 is 0 Å². The highest BCUT2D eigenvalue weighted by Gasteiger charge is 2.39. The fourth-order valence-corrected chi connectivity index (χ4v) is 2.77. The molecule has 2 heteroatoms. The van der Waals surface area contributed by atoms with Crippen LogP contribution >= 0.6 is 0 Å². The lowest BCUT2D eigenvalue weighted by molar-refractivity contribution is -0.144. The Kier molecular flexibility index (Phi) is 5.77. The van der Waals surface area contributed by atoms with Gasteiger partial charge in [-0.25, -0.2) is 0 Å². The first-order valence-electron chi connectivity index (χ1n) is 6.96. The molecule has 1 aliphatic rings. The quantitative estimate of drug-likeness (QED) is 0.753. The first kappa shape index (κ1) is 14.0. The summed E-state index contributed by atoms with van der Waals surface area (Å²) < 4.78 is 5.93. The largest absolute Gasteiger partial charge is 0.390 e. The van der Waals surface area contributed by atoms with Gasteiger partial charge in [-0.2, -0.15) is 0 Å². The van der Waals surface area contributed by atoms with Gasteiger partial charge in [0, 0.05) is 6.61 Å². The minimum atomic E-state index is -0.275. The molecule has 0 radical (unpaired) electrons. The van der Waals surface area contributed by atoms with Crippen LogP contribution in [-0.2, 0) is 4.74 Å². The molecule has 0 aromatic carbocycles. The normalized spacial score (nSPS) is 24.0. The summed E-state index contributed by atoms with van der Waals surface area (Å²) in [6, 6.07) is 0. The van der Waals surface area contributed by atoms with Crippen LogP contribution < -0.4 is 0 Å². The number of aliphatic hydroxyl groups is 1. The van der Waals surface area contributed by atoms with Gasteiger partial charge in [-0.15, -0.1) is 0 Å². The molecule has 1 aliphatic carbocycles. The van der Waals surface area contributed by atoms with Crippen LogP contribution in [0.5, 0.6) is 0 Å². The summed E-state index contributed by atoms with van der Waals surface area (Å²) in [6.07, 6.45) is 7.54. The van der Waals surface area contributed by atoms with Gasteiger partial charge >= 0.3 is 0 Å². The Morgan fingerprint density at radius 1 is 1.19 bits per heavy atom. The second kappa shape index (κ2) is 6.61. The maximum absolute atomic E-state index is 10.4. The van der Waals surface area contributed by atoms with Crippen LogP contribution in [0.2, 0.25) is 0 Å². The summed E-state index contributed by atoms with van der Waals surface area (Å²) in [5.41, 5.74) is -0.226. The Bertz CT molecular complexity index is 180. The SMILES string of the molecule is CCOC1(C(O)CC(C)CC)CCCCC1. The van der Waals surface area contributed by atoms with Crippen molar-refractivity contribution in [2.45, 2.75) is 77.4 Å². The van der Waals surface area contributed by atoms with Crippen molar-refractivity contribution in [3.05, 3.63) is 0 Å². The monoisotopic (exact) mass is 228 g/mol. The van der Waals surface area contributed by atoms with E-state index in [1.54, 1.807) is 0 Å². The summed E-state index contributed by atoms with van der Waals surface area (Å²) >= 11 is 0. The first-order valence-corrected chi connectivity index (χ1v) is 6.96. The van der Waals surface area contributed by atoms with Crippen LogP contribution in [0.15, 0.2) is 0 Å². The molecule has 2 atom stereocenters. The molecule has 0 heterocycles. The zero-order valence-electron chi connectivity index (χ0n) is 11.2. The van der Waals surface area contributed by atoms with Crippen molar-refractivity contribution < 1.29 is 9.84 Å². The van der Waals surface area contributed by atoms with Gasteiger partial charge in [-0.3, -0.25) is 0 Å². The summed E-state index contributed by atoms with van der Waals surface area (Å²) in [4.78, 5) is 0. The third kappa shape index (κ3) is 3.46. The molecule has 0 aromatic rings. The fourth-order valence-electron chi connectivity index (χ4n) is 2.77. The Morgan fingerprint density at radius 3 is 2.31 bits per heavy atom. The molecule has 0 saturated heterocycles. The van der Waals surface area contributed by atoms with Crippen LogP contribution in [0, 0.1) is 5.92 Å². The minimum absolute atomic E-state index is 0.226. The molecule has 0 aliphatic heterocycles. The zero-order chi connectivity index (χ0) is 12.0. The van der Waals surface area contributed by atoms with Gasteiger partial charge in [0.1, 0.15) is 0 Å². The average Bonchev–Trinajstić information content (AvgIpc) is 2.30. The molecule has 1 saturated carbocycles. The van der Waals surface area contributed by atoms with E-state index in [1.165, 1.54) is 19.3 Å². The van der Waals surface area contributed by atoms with Crippen molar-refractivity contribution in [3.63, 3.8) is 0 Å². The summed E-state index contributed by atoms with van der Waals surface area (Å²) in [7, 11) is 0. The van der Waals surface area contributed by atoms with Crippen LogP contribution in [0.3, 0.4) is 0 Å². The van der Waals surface area contributed by atoms with Crippen LogP contribution in [0.4, 0.5) is 0 Å². The molecule has 96 valence electrons. The number of rotatable bonds is 6. The molecule has 1 fully saturated rings. The van der Waals surface area contributed by atoms with Crippen molar-refractivity contribution in [3.8, 4) is 0 Å². The van der Waals surface area contributed by atoms with E-state index in [4.69, 9.17) is 4.74 Å². The molecule has 0 amide bonds. The van der Waals surface area contributed by atoms with Crippen LogP contribution in [0.25, 0.3) is 0 Å². The molecule has 2 nitrogen and oxygen atoms in total. The smallest absolute Gasteiger partial charge is 0.0940 e. The lowest BCUT2D eigenvalue weighted by Crippen LogP contribution is -2.47. The molecular weight excluding hydrogens is 200 g/mol. The third-order valence-corrected chi connectivity index (χ3v) is 4.06. The number of ether oxygens (including phenoxy) is 1. The summed E-state index contributed by atoms with van der Waals surface area (Å²) in [6.45, 7) is 7.15. The van der Waals surface area contributed by atoms with Crippen molar-refractivity contribution in [1.82, 2.24) is 0 Å². The average molecular weight is 228 g/mol. The molecule has 0 bridgehead atoms. The second-order valence-corrected chi connectivity index (χ2v) is 5.32. The number of hydrogen-bond acceptors (Lipinski definition) is 2. The molecule has 16 heavy (non-hydrogen) atoms. The molecule has 1 N–H and O–H groups in total. The third-order valence-electron chi connectivity index (χ3n) is 4.06.